The molecule has 0 unspecified atom stereocenters. The number of rotatable bonds is 7. The molecule has 7 heteroatoms. The van der Waals surface area contributed by atoms with Gasteiger partial charge in [0.1, 0.15) is 5.76 Å². The van der Waals surface area contributed by atoms with Crippen LogP contribution in [0, 0.1) is 0 Å². The second-order valence-corrected chi connectivity index (χ2v) is 7.20. The van der Waals surface area contributed by atoms with Gasteiger partial charge < -0.3 is 26.9 Å². The Labute approximate surface area is 174 Å². The van der Waals surface area contributed by atoms with Crippen LogP contribution in [0.4, 0.5) is 5.69 Å². The monoisotopic (exact) mass is 413 g/mol. The lowest BCUT2D eigenvalue weighted by molar-refractivity contribution is -0.691. The number of aliphatic imine (C=N–C) groups is 1. The first-order valence-corrected chi connectivity index (χ1v) is 9.46. The van der Waals surface area contributed by atoms with E-state index in [0.29, 0.717) is 16.3 Å². The number of furan rings is 1. The van der Waals surface area contributed by atoms with Crippen LogP contribution in [0.1, 0.15) is 22.2 Å². The van der Waals surface area contributed by atoms with Gasteiger partial charge in [0.15, 0.2) is 12.4 Å². The number of carbonyl (C=O) groups is 1. The van der Waals surface area contributed by atoms with Crippen molar-refractivity contribution in [2.45, 2.75) is 12.6 Å². The van der Waals surface area contributed by atoms with E-state index in [2.05, 4.69) is 4.99 Å². The maximum atomic E-state index is 13.3. The van der Waals surface area contributed by atoms with Crippen molar-refractivity contribution in [2.24, 2.45) is 4.99 Å². The lowest BCUT2D eigenvalue weighted by Crippen LogP contribution is -2.47. The zero-order valence-electron chi connectivity index (χ0n) is 15.6. The minimum atomic E-state index is -0.777. The van der Waals surface area contributed by atoms with E-state index in [4.69, 9.17) is 28.6 Å². The van der Waals surface area contributed by atoms with Crippen molar-refractivity contribution in [1.82, 2.24) is 0 Å². The molecule has 2 aromatic heterocycles. The van der Waals surface area contributed by atoms with Gasteiger partial charge in [0.05, 0.1) is 17.8 Å². The summed E-state index contributed by atoms with van der Waals surface area (Å²) in [5.41, 5.74) is 1.42. The van der Waals surface area contributed by atoms with E-state index in [1.54, 1.807) is 41.2 Å². The van der Waals surface area contributed by atoms with Crippen LogP contribution in [0.5, 0.6) is 0 Å². The van der Waals surface area contributed by atoms with Crippen LogP contribution in [0.25, 0.3) is 0 Å². The summed E-state index contributed by atoms with van der Waals surface area (Å²) in [5, 5.41) is 0.653. The standard InChI is InChI=1S/C21H20ClN3O2S/c1-24(2)15-9-11-25(12-10-15)19(20(26)17-7-3-4-8-18(17)22)21(28)23-14-16-6-5-13-27-16/h3-13,19H,14H2,1-2H3/t19-/m0/s1. The molecule has 0 radical (unpaired) electrons. The lowest BCUT2D eigenvalue weighted by atomic mass is 10.0. The van der Waals surface area contributed by atoms with E-state index < -0.39 is 6.04 Å². The number of carbonyl (C=O) groups excluding carboxylic acids is 1. The molecule has 0 bridgehead atoms. The van der Waals surface area contributed by atoms with E-state index >= 15 is 0 Å². The first-order chi connectivity index (χ1) is 13.5. The van der Waals surface area contributed by atoms with Gasteiger partial charge >= 0.3 is 0 Å². The van der Waals surface area contributed by atoms with Gasteiger partial charge in [-0.15, -0.1) is 0 Å². The molecule has 0 aliphatic heterocycles. The second-order valence-electron chi connectivity index (χ2n) is 6.38. The second kappa shape index (κ2) is 8.99. The van der Waals surface area contributed by atoms with Crippen LogP contribution in [0.3, 0.4) is 0 Å². The van der Waals surface area contributed by atoms with Crippen molar-refractivity contribution >= 4 is 40.7 Å². The first kappa shape index (κ1) is 20.0. The number of hydrogen-bond donors (Lipinski definition) is 0. The third-order valence-corrected chi connectivity index (χ3v) is 4.92. The Hall–Kier alpha value is -2.70. The van der Waals surface area contributed by atoms with Gasteiger partial charge in [0.2, 0.25) is 11.8 Å². The number of halogens is 1. The Morgan fingerprint density at radius 1 is 1.18 bits per heavy atom. The van der Waals surface area contributed by atoms with Gasteiger partial charge in [0, 0.05) is 37.5 Å². The highest BCUT2D eigenvalue weighted by atomic mass is 35.5. The molecule has 144 valence electrons. The number of benzene rings is 1. The average Bonchev–Trinajstić information content (AvgIpc) is 3.21. The number of nitrogens with zero attached hydrogens (tertiary/aromatic N) is 3. The molecule has 0 aliphatic carbocycles. The van der Waals surface area contributed by atoms with E-state index in [-0.39, 0.29) is 17.4 Å². The van der Waals surface area contributed by atoms with Crippen molar-refractivity contribution in [2.75, 3.05) is 19.0 Å². The number of pyridine rings is 1. The molecule has 0 N–H and O–H groups in total. The third-order valence-electron chi connectivity index (χ3n) is 4.24. The van der Waals surface area contributed by atoms with Crippen LogP contribution >= 0.6 is 11.6 Å². The summed E-state index contributed by atoms with van der Waals surface area (Å²) in [6.45, 7) is 0.272. The van der Waals surface area contributed by atoms with Crippen molar-refractivity contribution in [1.29, 1.82) is 0 Å². The number of hydrogen-bond acceptors (Lipinski definition) is 5. The maximum Gasteiger partial charge on any atom is 0.237 e. The number of aromatic nitrogens is 1. The van der Waals surface area contributed by atoms with Crippen LogP contribution in [-0.4, -0.2) is 24.9 Å². The molecular weight excluding hydrogens is 394 g/mol. The maximum absolute atomic E-state index is 13.3. The van der Waals surface area contributed by atoms with Crippen LogP contribution < -0.4 is 9.47 Å². The third kappa shape index (κ3) is 4.58. The Bertz CT molecular complexity index is 970. The highest BCUT2D eigenvalue weighted by Gasteiger charge is 2.29. The minimum absolute atomic E-state index is 0.207. The fourth-order valence-corrected chi connectivity index (χ4v) is 3.25. The predicted octanol–water partition coefficient (Wildman–Crippen LogP) is 3.86. The molecule has 1 aromatic carbocycles. The van der Waals surface area contributed by atoms with Gasteiger partial charge in [-0.05, 0) is 29.3 Å². The summed E-state index contributed by atoms with van der Waals surface area (Å²) in [6, 6.07) is 13.6. The van der Waals surface area contributed by atoms with Crippen molar-refractivity contribution in [3.8, 4) is 0 Å². The topological polar surface area (TPSA) is 49.7 Å². The van der Waals surface area contributed by atoms with Crippen LogP contribution in [0.2, 0.25) is 5.02 Å². The summed E-state index contributed by atoms with van der Waals surface area (Å²) in [6.07, 6.45) is 5.22. The Balaban J connectivity index is 1.98. The fraction of sp³-hybridized carbons (Fsp3) is 0.190. The van der Waals surface area contributed by atoms with Gasteiger partial charge in [-0.3, -0.25) is 4.79 Å². The first-order valence-electron chi connectivity index (χ1n) is 8.68. The van der Waals surface area contributed by atoms with E-state index in [1.165, 1.54) is 0 Å². The molecule has 1 atom stereocenters. The SMILES string of the molecule is CN(C)c1cc[n+]([C@@H](C(=O)c2ccccc2Cl)C([S-])=NCc2ccco2)cc1. The summed E-state index contributed by atoms with van der Waals surface area (Å²) < 4.78 is 7.06. The molecule has 28 heavy (non-hydrogen) atoms. The minimum Gasteiger partial charge on any atom is -0.758 e. The molecular formula is C21H20ClN3O2S. The predicted molar refractivity (Wildman–Crippen MR) is 113 cm³/mol. The summed E-state index contributed by atoms with van der Waals surface area (Å²) >= 11 is 11.8. The fourth-order valence-electron chi connectivity index (χ4n) is 2.73. The molecule has 0 fully saturated rings. The van der Waals surface area contributed by atoms with E-state index in [1.807, 2.05) is 49.6 Å². The molecule has 0 saturated carbocycles. The lowest BCUT2D eigenvalue weighted by Gasteiger charge is -2.20. The van der Waals surface area contributed by atoms with Crippen molar-refractivity contribution in [3.63, 3.8) is 0 Å². The molecule has 0 spiro atoms. The molecule has 2 heterocycles. The highest BCUT2D eigenvalue weighted by molar-refractivity contribution is 7.77. The summed E-state index contributed by atoms with van der Waals surface area (Å²) in [7, 11) is 3.91. The van der Waals surface area contributed by atoms with Gasteiger partial charge in [-0.25, -0.2) is 0 Å². The molecule has 0 saturated heterocycles. The quantitative estimate of drug-likeness (QED) is 0.194. The molecule has 5 nitrogen and oxygen atoms in total. The molecule has 0 aliphatic rings. The van der Waals surface area contributed by atoms with Crippen molar-refractivity contribution < 1.29 is 13.8 Å². The van der Waals surface area contributed by atoms with E-state index in [0.717, 1.165) is 5.69 Å². The smallest absolute Gasteiger partial charge is 0.237 e. The normalized spacial score (nSPS) is 12.6. The Kier molecular flexibility index (Phi) is 6.44. The van der Waals surface area contributed by atoms with Crippen LogP contribution in [0.15, 0.2) is 76.6 Å². The van der Waals surface area contributed by atoms with Gasteiger partial charge in [-0.1, -0.05) is 23.7 Å². The Morgan fingerprint density at radius 3 is 2.50 bits per heavy atom. The summed E-state index contributed by atoms with van der Waals surface area (Å²) in [4.78, 5) is 19.7. The van der Waals surface area contributed by atoms with Gasteiger partial charge in [-0.2, -0.15) is 4.57 Å². The molecule has 3 aromatic rings. The number of Topliss-reactive ketones (excluding diaryl/α,β-unsaturated/α-hetero) is 1. The van der Waals surface area contributed by atoms with E-state index in [9.17, 15) is 4.79 Å². The van der Waals surface area contributed by atoms with Crippen molar-refractivity contribution in [3.05, 3.63) is 83.5 Å². The number of anilines is 1. The largest absolute Gasteiger partial charge is 0.758 e. The Morgan fingerprint density at radius 2 is 1.89 bits per heavy atom. The zero-order valence-corrected chi connectivity index (χ0v) is 17.2. The zero-order chi connectivity index (χ0) is 20.1. The molecule has 3 rings (SSSR count). The van der Waals surface area contributed by atoms with Gasteiger partial charge in [0.25, 0.3) is 0 Å². The molecule has 0 amide bonds. The summed E-state index contributed by atoms with van der Waals surface area (Å²) in [5.74, 6) is 0.473. The number of ketones is 1. The average molecular weight is 414 g/mol. The highest BCUT2D eigenvalue weighted by Crippen LogP contribution is 2.21. The van der Waals surface area contributed by atoms with Crippen LogP contribution in [-0.2, 0) is 19.2 Å².